The fourth-order valence-corrected chi connectivity index (χ4v) is 2.92. The summed E-state index contributed by atoms with van der Waals surface area (Å²) < 4.78 is 5.93. The molecule has 3 nitrogen and oxygen atoms in total. The van der Waals surface area contributed by atoms with Crippen LogP contribution in [0.1, 0.15) is 31.7 Å². The Morgan fingerprint density at radius 1 is 1.22 bits per heavy atom. The summed E-state index contributed by atoms with van der Waals surface area (Å²) in [6.07, 6.45) is 8.56. The molecular weight excluding hydrogens is 284 g/mol. The summed E-state index contributed by atoms with van der Waals surface area (Å²) in [7, 11) is 2.15. The third-order valence-electron chi connectivity index (χ3n) is 4.67. The second-order valence-corrected chi connectivity index (χ2v) is 6.45. The van der Waals surface area contributed by atoms with Gasteiger partial charge in [-0.25, -0.2) is 0 Å². The molecule has 0 aliphatic carbocycles. The lowest BCUT2D eigenvalue weighted by Gasteiger charge is -2.37. The lowest BCUT2D eigenvalue weighted by atomic mass is 10.0. The van der Waals surface area contributed by atoms with E-state index in [-0.39, 0.29) is 0 Å². The molecule has 1 aromatic carbocycles. The van der Waals surface area contributed by atoms with Crippen LogP contribution in [-0.4, -0.2) is 36.1 Å². The van der Waals surface area contributed by atoms with E-state index in [0.717, 1.165) is 24.3 Å². The Morgan fingerprint density at radius 2 is 2.13 bits per heavy atom. The number of hydrogen-bond acceptors (Lipinski definition) is 3. The Kier molecular flexibility index (Phi) is 5.29. The van der Waals surface area contributed by atoms with Crippen LogP contribution >= 0.6 is 0 Å². The first-order chi connectivity index (χ1) is 11.3. The maximum Gasteiger partial charge on any atom is 0.138 e. The van der Waals surface area contributed by atoms with Crippen molar-refractivity contribution >= 4 is 0 Å². The van der Waals surface area contributed by atoms with E-state index >= 15 is 0 Å². The highest BCUT2D eigenvalue weighted by atomic mass is 16.5. The van der Waals surface area contributed by atoms with Gasteiger partial charge in [0.15, 0.2) is 0 Å². The average Bonchev–Trinajstić information content (AvgIpc) is 2.59. The molecule has 3 heteroatoms. The molecule has 1 aliphatic heterocycles. The summed E-state index contributed by atoms with van der Waals surface area (Å²) in [6, 6.07) is 11.4. The summed E-state index contributed by atoms with van der Waals surface area (Å²) in [6.45, 7) is 4.16. The Bertz CT molecular complexity index is 641. The number of nitrogens with zero attached hydrogens (tertiary/aromatic N) is 2. The molecule has 2 aromatic rings. The molecule has 0 bridgehead atoms. The Labute approximate surface area is 139 Å². The SMILES string of the molecule is CCCCc1cccc(-c2cncc(OCC3CCN3C)c2)c1. The van der Waals surface area contributed by atoms with E-state index in [0.29, 0.717) is 6.04 Å². The number of likely N-dealkylation sites (tertiary alicyclic amines) is 1. The summed E-state index contributed by atoms with van der Waals surface area (Å²) in [5.41, 5.74) is 3.74. The van der Waals surface area contributed by atoms with Gasteiger partial charge >= 0.3 is 0 Å². The Balaban J connectivity index is 1.68. The molecule has 0 saturated carbocycles. The van der Waals surface area contributed by atoms with E-state index in [4.69, 9.17) is 4.74 Å². The van der Waals surface area contributed by atoms with Gasteiger partial charge in [0, 0.05) is 17.8 Å². The minimum Gasteiger partial charge on any atom is -0.490 e. The maximum absolute atomic E-state index is 5.93. The fraction of sp³-hybridized carbons (Fsp3) is 0.450. The molecule has 1 atom stereocenters. The van der Waals surface area contributed by atoms with Crippen molar-refractivity contribution in [2.24, 2.45) is 0 Å². The molecular formula is C20H26N2O. The number of unbranched alkanes of at least 4 members (excludes halogenated alkanes) is 1. The maximum atomic E-state index is 5.93. The normalized spacial score (nSPS) is 17.7. The van der Waals surface area contributed by atoms with E-state index in [1.807, 2.05) is 12.4 Å². The molecule has 1 saturated heterocycles. The minimum atomic E-state index is 0.552. The molecule has 0 N–H and O–H groups in total. The van der Waals surface area contributed by atoms with Gasteiger partial charge in [0.05, 0.1) is 6.20 Å². The van der Waals surface area contributed by atoms with Crippen molar-refractivity contribution in [1.29, 1.82) is 0 Å². The van der Waals surface area contributed by atoms with E-state index < -0.39 is 0 Å². The fourth-order valence-electron chi connectivity index (χ4n) is 2.92. The number of pyridine rings is 1. The third kappa shape index (κ3) is 4.11. The standard InChI is InChI=1S/C20H26N2O/c1-3-4-6-16-7-5-8-17(11-16)18-12-20(14-21-13-18)23-15-19-9-10-22(19)2/h5,7-8,11-14,19H,3-4,6,9-10,15H2,1-2H3. The highest BCUT2D eigenvalue weighted by Crippen LogP contribution is 2.25. The molecule has 0 spiro atoms. The van der Waals surface area contributed by atoms with Gasteiger partial charge in [0.25, 0.3) is 0 Å². The number of rotatable bonds is 7. The first-order valence-electron chi connectivity index (χ1n) is 8.63. The smallest absolute Gasteiger partial charge is 0.138 e. The van der Waals surface area contributed by atoms with Crippen LogP contribution in [0, 0.1) is 0 Å². The number of likely N-dealkylation sites (N-methyl/N-ethyl adjacent to an activating group) is 1. The quantitative estimate of drug-likeness (QED) is 0.767. The molecule has 2 heterocycles. The zero-order chi connectivity index (χ0) is 16.1. The molecule has 1 unspecified atom stereocenters. The van der Waals surface area contributed by atoms with Gasteiger partial charge in [-0.1, -0.05) is 37.6 Å². The van der Waals surface area contributed by atoms with Gasteiger partial charge in [-0.2, -0.15) is 0 Å². The molecule has 23 heavy (non-hydrogen) atoms. The van der Waals surface area contributed by atoms with E-state index in [1.54, 1.807) is 0 Å². The second-order valence-electron chi connectivity index (χ2n) is 6.45. The van der Waals surface area contributed by atoms with E-state index in [1.165, 1.54) is 36.9 Å². The summed E-state index contributed by atoms with van der Waals surface area (Å²) in [5.74, 6) is 0.863. The van der Waals surface area contributed by atoms with Gasteiger partial charge in [-0.3, -0.25) is 9.88 Å². The number of ether oxygens (including phenoxy) is 1. The summed E-state index contributed by atoms with van der Waals surface area (Å²) >= 11 is 0. The molecule has 122 valence electrons. The number of benzene rings is 1. The van der Waals surface area contributed by atoms with Crippen molar-refractivity contribution in [3.05, 3.63) is 48.3 Å². The molecule has 0 amide bonds. The first kappa shape index (κ1) is 16.0. The van der Waals surface area contributed by atoms with Crippen LogP contribution in [0.3, 0.4) is 0 Å². The molecule has 3 rings (SSSR count). The van der Waals surface area contributed by atoms with Gasteiger partial charge in [0.2, 0.25) is 0 Å². The van der Waals surface area contributed by atoms with Crippen LogP contribution in [0.5, 0.6) is 5.75 Å². The van der Waals surface area contributed by atoms with Crippen molar-refractivity contribution < 1.29 is 4.74 Å². The van der Waals surface area contributed by atoms with Crippen molar-refractivity contribution in [2.45, 2.75) is 38.6 Å². The largest absolute Gasteiger partial charge is 0.490 e. The molecule has 1 fully saturated rings. The average molecular weight is 310 g/mol. The topological polar surface area (TPSA) is 25.4 Å². The minimum absolute atomic E-state index is 0.552. The van der Waals surface area contributed by atoms with Crippen LogP contribution < -0.4 is 4.74 Å². The third-order valence-corrected chi connectivity index (χ3v) is 4.67. The summed E-state index contributed by atoms with van der Waals surface area (Å²) in [4.78, 5) is 6.68. The van der Waals surface area contributed by atoms with E-state index in [2.05, 4.69) is 54.2 Å². The second kappa shape index (κ2) is 7.60. The van der Waals surface area contributed by atoms with Crippen molar-refractivity contribution in [2.75, 3.05) is 20.2 Å². The predicted octanol–water partition coefficient (Wildman–Crippen LogP) is 4.17. The predicted molar refractivity (Wildman–Crippen MR) is 94.8 cm³/mol. The molecule has 1 aliphatic rings. The molecule has 0 radical (unpaired) electrons. The van der Waals surface area contributed by atoms with E-state index in [9.17, 15) is 0 Å². The van der Waals surface area contributed by atoms with Gasteiger partial charge in [-0.15, -0.1) is 0 Å². The van der Waals surface area contributed by atoms with Crippen molar-refractivity contribution in [3.8, 4) is 16.9 Å². The zero-order valence-electron chi connectivity index (χ0n) is 14.2. The van der Waals surface area contributed by atoms with Gasteiger partial charge in [-0.05, 0) is 50.0 Å². The van der Waals surface area contributed by atoms with Crippen molar-refractivity contribution in [1.82, 2.24) is 9.88 Å². The van der Waals surface area contributed by atoms with Crippen LogP contribution in [0.4, 0.5) is 0 Å². The van der Waals surface area contributed by atoms with Gasteiger partial charge in [0.1, 0.15) is 12.4 Å². The lowest BCUT2D eigenvalue weighted by Crippen LogP contribution is -2.48. The Morgan fingerprint density at radius 3 is 2.87 bits per heavy atom. The highest BCUT2D eigenvalue weighted by Gasteiger charge is 2.24. The summed E-state index contributed by atoms with van der Waals surface area (Å²) in [5, 5.41) is 0. The van der Waals surface area contributed by atoms with Crippen molar-refractivity contribution in [3.63, 3.8) is 0 Å². The van der Waals surface area contributed by atoms with Crippen LogP contribution in [0.15, 0.2) is 42.7 Å². The van der Waals surface area contributed by atoms with Crippen LogP contribution in [-0.2, 0) is 6.42 Å². The highest BCUT2D eigenvalue weighted by molar-refractivity contribution is 5.64. The van der Waals surface area contributed by atoms with Crippen LogP contribution in [0.25, 0.3) is 11.1 Å². The number of hydrogen-bond donors (Lipinski definition) is 0. The van der Waals surface area contributed by atoms with Gasteiger partial charge < -0.3 is 4.74 Å². The number of aryl methyl sites for hydroxylation is 1. The first-order valence-corrected chi connectivity index (χ1v) is 8.63. The Hall–Kier alpha value is -1.87. The van der Waals surface area contributed by atoms with Crippen LogP contribution in [0.2, 0.25) is 0 Å². The lowest BCUT2D eigenvalue weighted by molar-refractivity contribution is 0.0768. The monoisotopic (exact) mass is 310 g/mol. The molecule has 1 aromatic heterocycles. The number of aromatic nitrogens is 1. The zero-order valence-corrected chi connectivity index (χ0v) is 14.2.